The van der Waals surface area contributed by atoms with Crippen molar-refractivity contribution in [3.63, 3.8) is 0 Å². The molecular weight excluding hydrogens is 234 g/mol. The molecule has 2 rings (SSSR count). The van der Waals surface area contributed by atoms with Crippen molar-refractivity contribution < 1.29 is 13.9 Å². The predicted molar refractivity (Wildman–Crippen MR) is 64.2 cm³/mol. The van der Waals surface area contributed by atoms with Gasteiger partial charge in [0.25, 0.3) is 5.91 Å². The molecule has 1 amide bonds. The lowest BCUT2D eigenvalue weighted by molar-refractivity contribution is 0.0907. The molecular formula is C12H15N3O3. The Morgan fingerprint density at radius 3 is 3.17 bits per heavy atom. The van der Waals surface area contributed by atoms with Crippen LogP contribution in [0.15, 0.2) is 35.0 Å². The molecule has 1 N–H and O–H groups in total. The molecule has 0 bridgehead atoms. The molecule has 2 aromatic heterocycles. The Balaban J connectivity index is 1.91. The van der Waals surface area contributed by atoms with Gasteiger partial charge in [-0.15, -0.1) is 0 Å². The Morgan fingerprint density at radius 1 is 1.56 bits per heavy atom. The van der Waals surface area contributed by atoms with Crippen molar-refractivity contribution in [2.24, 2.45) is 0 Å². The lowest BCUT2D eigenvalue weighted by atomic mass is 10.4. The maximum absolute atomic E-state index is 11.7. The minimum Gasteiger partial charge on any atom is -0.454 e. The maximum atomic E-state index is 11.7. The molecule has 0 fully saturated rings. The third-order valence-corrected chi connectivity index (χ3v) is 2.35. The van der Waals surface area contributed by atoms with Gasteiger partial charge in [-0.25, -0.2) is 0 Å². The molecule has 0 spiro atoms. The van der Waals surface area contributed by atoms with E-state index in [0.29, 0.717) is 31.2 Å². The summed E-state index contributed by atoms with van der Waals surface area (Å²) in [6, 6.07) is 5.26. The van der Waals surface area contributed by atoms with Gasteiger partial charge < -0.3 is 14.5 Å². The quantitative estimate of drug-likeness (QED) is 0.772. The first-order valence-corrected chi connectivity index (χ1v) is 5.63. The smallest absolute Gasteiger partial charge is 0.287 e. The zero-order valence-electron chi connectivity index (χ0n) is 10.1. The van der Waals surface area contributed by atoms with Crippen LogP contribution in [0.4, 0.5) is 0 Å². The van der Waals surface area contributed by atoms with Gasteiger partial charge in [0, 0.05) is 26.0 Å². The van der Waals surface area contributed by atoms with Gasteiger partial charge in [-0.2, -0.15) is 5.10 Å². The fourth-order valence-corrected chi connectivity index (χ4v) is 1.49. The highest BCUT2D eigenvalue weighted by Gasteiger charge is 2.10. The van der Waals surface area contributed by atoms with E-state index in [0.717, 1.165) is 0 Å². The van der Waals surface area contributed by atoms with Crippen LogP contribution in [-0.2, 0) is 11.3 Å². The van der Waals surface area contributed by atoms with Gasteiger partial charge in [-0.05, 0) is 18.2 Å². The van der Waals surface area contributed by atoms with Gasteiger partial charge >= 0.3 is 0 Å². The van der Waals surface area contributed by atoms with Gasteiger partial charge in [0.15, 0.2) is 5.76 Å². The molecule has 2 aromatic rings. The van der Waals surface area contributed by atoms with E-state index in [2.05, 4.69) is 10.4 Å². The Labute approximate surface area is 105 Å². The second kappa shape index (κ2) is 6.02. The third-order valence-electron chi connectivity index (χ3n) is 2.35. The Kier molecular flexibility index (Phi) is 4.14. The number of ether oxygens (including phenoxy) is 1. The first-order chi connectivity index (χ1) is 8.79. The average molecular weight is 249 g/mol. The molecule has 0 aliphatic heterocycles. The summed E-state index contributed by atoms with van der Waals surface area (Å²) in [5.41, 5.74) is 0. The molecule has 6 heteroatoms. The van der Waals surface area contributed by atoms with Crippen LogP contribution in [0.1, 0.15) is 16.3 Å². The Bertz CT molecular complexity index is 490. The minimum absolute atomic E-state index is 0.237. The maximum Gasteiger partial charge on any atom is 0.287 e. The largest absolute Gasteiger partial charge is 0.454 e. The summed E-state index contributed by atoms with van der Waals surface area (Å²) in [4.78, 5) is 11.7. The topological polar surface area (TPSA) is 69.3 Å². The van der Waals surface area contributed by atoms with Crippen LogP contribution in [0, 0.1) is 0 Å². The van der Waals surface area contributed by atoms with Crippen molar-refractivity contribution >= 4 is 5.91 Å². The molecule has 0 aliphatic rings. The van der Waals surface area contributed by atoms with Crippen LogP contribution >= 0.6 is 0 Å². The van der Waals surface area contributed by atoms with Crippen LogP contribution in [0.5, 0.6) is 0 Å². The number of methoxy groups -OCH3 is 1. The van der Waals surface area contributed by atoms with E-state index >= 15 is 0 Å². The summed E-state index contributed by atoms with van der Waals surface area (Å²) < 4.78 is 12.0. The molecule has 2 heterocycles. The van der Waals surface area contributed by atoms with Crippen LogP contribution in [0.25, 0.3) is 0 Å². The number of nitrogens with one attached hydrogen (secondary N) is 1. The third kappa shape index (κ3) is 3.21. The molecule has 0 aliphatic carbocycles. The average Bonchev–Trinajstić information content (AvgIpc) is 3.01. The summed E-state index contributed by atoms with van der Waals surface area (Å²) in [6.07, 6.45) is 3.53. The standard InChI is InChI=1S/C12H15N3O3/c1-17-8-6-13-12(16)11-4-3-10(18-11)9-15-7-2-5-14-15/h2-5,7H,6,8-9H2,1H3,(H,13,16). The highest BCUT2D eigenvalue weighted by Crippen LogP contribution is 2.09. The van der Waals surface area contributed by atoms with Crippen LogP contribution in [0.3, 0.4) is 0 Å². The second-order valence-electron chi connectivity index (χ2n) is 3.72. The van der Waals surface area contributed by atoms with Gasteiger partial charge in [0.1, 0.15) is 5.76 Å². The van der Waals surface area contributed by atoms with Gasteiger partial charge in [-0.1, -0.05) is 0 Å². The van der Waals surface area contributed by atoms with E-state index < -0.39 is 0 Å². The number of furan rings is 1. The molecule has 0 saturated heterocycles. The van der Waals surface area contributed by atoms with Gasteiger partial charge in [-0.3, -0.25) is 9.48 Å². The van der Waals surface area contributed by atoms with Gasteiger partial charge in [0.05, 0.1) is 13.2 Å². The molecule has 6 nitrogen and oxygen atoms in total. The van der Waals surface area contributed by atoms with Crippen molar-refractivity contribution in [2.45, 2.75) is 6.54 Å². The van der Waals surface area contributed by atoms with E-state index in [1.165, 1.54) is 0 Å². The summed E-state index contributed by atoms with van der Waals surface area (Å²) >= 11 is 0. The highest BCUT2D eigenvalue weighted by atomic mass is 16.5. The Hall–Kier alpha value is -2.08. The zero-order valence-corrected chi connectivity index (χ0v) is 10.1. The number of nitrogens with zero attached hydrogens (tertiary/aromatic N) is 2. The number of hydrogen-bond donors (Lipinski definition) is 1. The van der Waals surface area contributed by atoms with Crippen LogP contribution in [0.2, 0.25) is 0 Å². The molecule has 0 aromatic carbocycles. The molecule has 0 atom stereocenters. The normalized spacial score (nSPS) is 10.5. The van der Waals surface area contributed by atoms with Crippen LogP contribution < -0.4 is 5.32 Å². The lowest BCUT2D eigenvalue weighted by Crippen LogP contribution is -2.26. The van der Waals surface area contributed by atoms with E-state index in [1.54, 1.807) is 30.1 Å². The fourth-order valence-electron chi connectivity index (χ4n) is 1.49. The molecule has 18 heavy (non-hydrogen) atoms. The SMILES string of the molecule is COCCNC(=O)c1ccc(Cn2cccn2)o1. The van der Waals surface area contributed by atoms with E-state index in [-0.39, 0.29) is 5.91 Å². The van der Waals surface area contributed by atoms with Crippen molar-refractivity contribution in [3.05, 3.63) is 42.1 Å². The summed E-state index contributed by atoms with van der Waals surface area (Å²) in [5.74, 6) is 0.752. The first-order valence-electron chi connectivity index (χ1n) is 5.63. The fraction of sp³-hybridized carbons (Fsp3) is 0.333. The number of rotatable bonds is 6. The lowest BCUT2D eigenvalue weighted by Gasteiger charge is -2.01. The van der Waals surface area contributed by atoms with Gasteiger partial charge in [0.2, 0.25) is 0 Å². The number of carbonyl (C=O) groups excluding carboxylic acids is 1. The summed E-state index contributed by atoms with van der Waals surface area (Å²) in [5, 5.41) is 6.76. The second-order valence-corrected chi connectivity index (χ2v) is 3.72. The minimum atomic E-state index is -0.237. The van der Waals surface area contributed by atoms with Crippen molar-refractivity contribution in [1.82, 2.24) is 15.1 Å². The molecule has 0 saturated carbocycles. The van der Waals surface area contributed by atoms with Crippen molar-refractivity contribution in [2.75, 3.05) is 20.3 Å². The number of aromatic nitrogens is 2. The van der Waals surface area contributed by atoms with Crippen molar-refractivity contribution in [1.29, 1.82) is 0 Å². The van der Waals surface area contributed by atoms with Crippen molar-refractivity contribution in [3.8, 4) is 0 Å². The van der Waals surface area contributed by atoms with E-state index in [4.69, 9.17) is 9.15 Å². The molecule has 0 radical (unpaired) electrons. The van der Waals surface area contributed by atoms with E-state index in [9.17, 15) is 4.79 Å². The first kappa shape index (κ1) is 12.4. The van der Waals surface area contributed by atoms with Crippen LogP contribution in [-0.4, -0.2) is 35.9 Å². The number of hydrogen-bond acceptors (Lipinski definition) is 4. The molecule has 96 valence electrons. The number of amides is 1. The predicted octanol–water partition coefficient (Wildman–Crippen LogP) is 0.901. The monoisotopic (exact) mass is 249 g/mol. The number of carbonyl (C=O) groups is 1. The zero-order chi connectivity index (χ0) is 12.8. The molecule has 0 unspecified atom stereocenters. The highest BCUT2D eigenvalue weighted by molar-refractivity contribution is 5.91. The summed E-state index contributed by atoms with van der Waals surface area (Å²) in [6.45, 7) is 1.45. The Morgan fingerprint density at radius 2 is 2.44 bits per heavy atom. The van der Waals surface area contributed by atoms with E-state index in [1.807, 2.05) is 12.3 Å². The summed E-state index contributed by atoms with van der Waals surface area (Å²) in [7, 11) is 1.58.